The second kappa shape index (κ2) is 4.42. The Labute approximate surface area is 73.1 Å². The van der Waals surface area contributed by atoms with E-state index in [-0.39, 0.29) is 11.9 Å². The molecule has 1 aliphatic heterocycles. The first-order chi connectivity index (χ1) is 5.79. The van der Waals surface area contributed by atoms with Crippen LogP contribution in [0.1, 0.15) is 26.2 Å². The maximum atomic E-state index is 11.3. The molecule has 0 radical (unpaired) electrons. The van der Waals surface area contributed by atoms with E-state index in [4.69, 9.17) is 5.84 Å². The maximum absolute atomic E-state index is 11.3. The third-order valence-electron chi connectivity index (χ3n) is 2.41. The number of amides is 1. The molecule has 70 valence electrons. The Kier molecular flexibility index (Phi) is 3.49. The largest absolute Gasteiger partial charge is 0.293 e. The van der Waals surface area contributed by atoms with Crippen molar-refractivity contribution in [2.24, 2.45) is 5.84 Å². The van der Waals surface area contributed by atoms with Crippen LogP contribution in [0.4, 0.5) is 0 Å². The summed E-state index contributed by atoms with van der Waals surface area (Å²) in [6.45, 7) is 4.08. The summed E-state index contributed by atoms with van der Waals surface area (Å²) < 4.78 is 0. The van der Waals surface area contributed by atoms with Crippen molar-refractivity contribution in [3.05, 3.63) is 0 Å². The number of nitrogens with one attached hydrogen (secondary N) is 1. The van der Waals surface area contributed by atoms with Crippen LogP contribution in [0.2, 0.25) is 0 Å². The zero-order valence-electron chi connectivity index (χ0n) is 7.55. The number of rotatable bonds is 3. The van der Waals surface area contributed by atoms with Gasteiger partial charge in [0.15, 0.2) is 0 Å². The molecule has 4 heteroatoms. The van der Waals surface area contributed by atoms with Gasteiger partial charge in [0.25, 0.3) is 5.91 Å². The monoisotopic (exact) mass is 171 g/mol. The topological polar surface area (TPSA) is 58.4 Å². The Morgan fingerprint density at radius 2 is 2.17 bits per heavy atom. The molecule has 3 N–H and O–H groups in total. The minimum absolute atomic E-state index is 0.0162. The molecule has 0 aromatic heterocycles. The van der Waals surface area contributed by atoms with E-state index in [1.165, 1.54) is 12.8 Å². The van der Waals surface area contributed by atoms with E-state index in [1.54, 1.807) is 0 Å². The molecule has 0 saturated carbocycles. The Balaban J connectivity index is 2.48. The Morgan fingerprint density at radius 1 is 1.58 bits per heavy atom. The minimum atomic E-state index is -0.0561. The third kappa shape index (κ3) is 1.95. The standard InChI is InChI=1S/C8H17N3O/c1-2-7(8(12)10-9)11-5-3-4-6-11/h7H,2-6,9H2,1H3,(H,10,12). The lowest BCUT2D eigenvalue weighted by Gasteiger charge is -2.24. The second-order valence-electron chi connectivity index (χ2n) is 3.18. The maximum Gasteiger partial charge on any atom is 0.251 e. The van der Waals surface area contributed by atoms with E-state index in [0.717, 1.165) is 19.5 Å². The van der Waals surface area contributed by atoms with E-state index in [9.17, 15) is 4.79 Å². The number of carbonyl (C=O) groups is 1. The number of likely N-dealkylation sites (tertiary alicyclic amines) is 1. The number of hydrogen-bond acceptors (Lipinski definition) is 3. The first kappa shape index (κ1) is 9.48. The molecular formula is C8H17N3O. The van der Waals surface area contributed by atoms with Crippen LogP contribution in [0.5, 0.6) is 0 Å². The zero-order chi connectivity index (χ0) is 8.97. The molecule has 1 saturated heterocycles. The summed E-state index contributed by atoms with van der Waals surface area (Å²) in [5.41, 5.74) is 2.21. The molecule has 1 fully saturated rings. The molecule has 0 aromatic carbocycles. The molecule has 0 bridgehead atoms. The average Bonchev–Trinajstić information content (AvgIpc) is 2.58. The normalized spacial score (nSPS) is 20.8. The van der Waals surface area contributed by atoms with E-state index >= 15 is 0 Å². The van der Waals surface area contributed by atoms with Gasteiger partial charge in [-0.2, -0.15) is 0 Å². The van der Waals surface area contributed by atoms with Crippen LogP contribution in [-0.2, 0) is 4.79 Å². The summed E-state index contributed by atoms with van der Waals surface area (Å²) in [7, 11) is 0. The molecule has 1 atom stereocenters. The molecule has 12 heavy (non-hydrogen) atoms. The van der Waals surface area contributed by atoms with E-state index in [1.807, 2.05) is 6.92 Å². The van der Waals surface area contributed by atoms with Gasteiger partial charge in [-0.15, -0.1) is 0 Å². The molecule has 1 unspecified atom stereocenters. The fourth-order valence-corrected chi connectivity index (χ4v) is 1.76. The van der Waals surface area contributed by atoms with Gasteiger partial charge in [0.1, 0.15) is 0 Å². The van der Waals surface area contributed by atoms with Gasteiger partial charge in [-0.25, -0.2) is 5.84 Å². The zero-order valence-corrected chi connectivity index (χ0v) is 7.55. The van der Waals surface area contributed by atoms with Crippen molar-refractivity contribution in [1.82, 2.24) is 10.3 Å². The van der Waals surface area contributed by atoms with Gasteiger partial charge >= 0.3 is 0 Å². The first-order valence-corrected chi connectivity index (χ1v) is 4.54. The third-order valence-corrected chi connectivity index (χ3v) is 2.41. The lowest BCUT2D eigenvalue weighted by molar-refractivity contribution is -0.126. The van der Waals surface area contributed by atoms with Gasteiger partial charge in [0.05, 0.1) is 6.04 Å². The summed E-state index contributed by atoms with van der Waals surface area (Å²) in [6.07, 6.45) is 3.24. The van der Waals surface area contributed by atoms with Gasteiger partial charge in [0.2, 0.25) is 0 Å². The molecule has 1 heterocycles. The van der Waals surface area contributed by atoms with Crippen LogP contribution < -0.4 is 11.3 Å². The van der Waals surface area contributed by atoms with Crippen LogP contribution in [0.3, 0.4) is 0 Å². The summed E-state index contributed by atoms with van der Waals surface area (Å²) in [5, 5.41) is 0. The highest BCUT2D eigenvalue weighted by atomic mass is 16.2. The van der Waals surface area contributed by atoms with Gasteiger partial charge < -0.3 is 0 Å². The predicted molar refractivity (Wildman–Crippen MR) is 47.2 cm³/mol. The molecule has 0 spiro atoms. The van der Waals surface area contributed by atoms with E-state index in [2.05, 4.69) is 10.3 Å². The Morgan fingerprint density at radius 3 is 2.58 bits per heavy atom. The number of nitrogens with zero attached hydrogens (tertiary/aromatic N) is 1. The Hall–Kier alpha value is -0.610. The average molecular weight is 171 g/mol. The van der Waals surface area contributed by atoms with Crippen molar-refractivity contribution in [2.75, 3.05) is 13.1 Å². The summed E-state index contributed by atoms with van der Waals surface area (Å²) in [5.74, 6) is 5.03. The molecule has 0 aromatic rings. The first-order valence-electron chi connectivity index (χ1n) is 4.54. The van der Waals surface area contributed by atoms with Crippen LogP contribution in [0, 0.1) is 0 Å². The van der Waals surface area contributed by atoms with Crippen molar-refractivity contribution in [3.63, 3.8) is 0 Å². The summed E-state index contributed by atoms with van der Waals surface area (Å²) in [4.78, 5) is 13.4. The van der Waals surface area contributed by atoms with Crippen LogP contribution in [-0.4, -0.2) is 29.9 Å². The van der Waals surface area contributed by atoms with Gasteiger partial charge in [-0.3, -0.25) is 15.1 Å². The van der Waals surface area contributed by atoms with E-state index in [0.29, 0.717) is 0 Å². The summed E-state index contributed by atoms with van der Waals surface area (Å²) in [6, 6.07) is -0.0162. The number of carbonyl (C=O) groups excluding carboxylic acids is 1. The molecule has 1 rings (SSSR count). The van der Waals surface area contributed by atoms with Crippen LogP contribution in [0.15, 0.2) is 0 Å². The predicted octanol–water partition coefficient (Wildman–Crippen LogP) is -0.149. The highest BCUT2D eigenvalue weighted by Crippen LogP contribution is 2.13. The fraction of sp³-hybridized carbons (Fsp3) is 0.875. The Bertz CT molecular complexity index is 154. The lowest BCUT2D eigenvalue weighted by Crippen LogP contribution is -2.47. The molecule has 1 aliphatic rings. The number of hydrazine groups is 1. The molecule has 1 amide bonds. The minimum Gasteiger partial charge on any atom is -0.293 e. The van der Waals surface area contributed by atoms with Crippen LogP contribution >= 0.6 is 0 Å². The molecular weight excluding hydrogens is 154 g/mol. The van der Waals surface area contributed by atoms with Crippen molar-refractivity contribution < 1.29 is 4.79 Å². The fourth-order valence-electron chi connectivity index (χ4n) is 1.76. The molecule has 4 nitrogen and oxygen atoms in total. The van der Waals surface area contributed by atoms with Gasteiger partial charge in [-0.05, 0) is 32.4 Å². The lowest BCUT2D eigenvalue weighted by atomic mass is 10.2. The van der Waals surface area contributed by atoms with Crippen molar-refractivity contribution in [2.45, 2.75) is 32.2 Å². The molecule has 0 aliphatic carbocycles. The van der Waals surface area contributed by atoms with Crippen molar-refractivity contribution >= 4 is 5.91 Å². The van der Waals surface area contributed by atoms with Crippen molar-refractivity contribution in [1.29, 1.82) is 0 Å². The summed E-state index contributed by atoms with van der Waals surface area (Å²) >= 11 is 0. The number of nitrogens with two attached hydrogens (primary N) is 1. The SMILES string of the molecule is CCC(C(=O)NN)N1CCCC1. The highest BCUT2D eigenvalue weighted by molar-refractivity contribution is 5.81. The number of hydrogen-bond donors (Lipinski definition) is 2. The van der Waals surface area contributed by atoms with Gasteiger partial charge in [-0.1, -0.05) is 6.92 Å². The van der Waals surface area contributed by atoms with E-state index < -0.39 is 0 Å². The quantitative estimate of drug-likeness (QED) is 0.353. The second-order valence-corrected chi connectivity index (χ2v) is 3.18. The highest BCUT2D eigenvalue weighted by Gasteiger charge is 2.25. The van der Waals surface area contributed by atoms with Gasteiger partial charge in [0, 0.05) is 0 Å². The van der Waals surface area contributed by atoms with Crippen LogP contribution in [0.25, 0.3) is 0 Å². The van der Waals surface area contributed by atoms with Crippen molar-refractivity contribution in [3.8, 4) is 0 Å². The smallest absolute Gasteiger partial charge is 0.251 e.